The first-order valence-electron chi connectivity index (χ1n) is 11.8. The predicted octanol–water partition coefficient (Wildman–Crippen LogP) is 2.84. The number of sulfonamides is 1. The Morgan fingerprint density at radius 2 is 1.77 bits per heavy atom. The molecule has 174 valence electrons. The summed E-state index contributed by atoms with van der Waals surface area (Å²) in [5, 5.41) is 6.98. The van der Waals surface area contributed by atoms with Crippen molar-refractivity contribution in [1.82, 2.24) is 20.3 Å². The second-order valence-corrected chi connectivity index (χ2v) is 10.6. The van der Waals surface area contributed by atoms with E-state index in [1.54, 1.807) is 18.2 Å². The highest BCUT2D eigenvalue weighted by Crippen LogP contribution is 2.35. The van der Waals surface area contributed by atoms with E-state index in [0.29, 0.717) is 6.54 Å². The van der Waals surface area contributed by atoms with Gasteiger partial charge in [0, 0.05) is 18.6 Å². The second-order valence-electron chi connectivity index (χ2n) is 8.74. The highest BCUT2D eigenvalue weighted by atomic mass is 32.2. The van der Waals surface area contributed by atoms with Gasteiger partial charge in [-0.05, 0) is 70.4 Å². The molecule has 7 nitrogen and oxygen atoms in total. The molecular weight excluding hydrogens is 410 g/mol. The highest BCUT2D eigenvalue weighted by molar-refractivity contribution is 7.89. The molecule has 0 spiro atoms. The fourth-order valence-corrected chi connectivity index (χ4v) is 5.67. The molecule has 0 atom stereocenters. The Bertz CT molecular complexity index is 828. The van der Waals surface area contributed by atoms with Crippen molar-refractivity contribution in [3.8, 4) is 0 Å². The summed E-state index contributed by atoms with van der Waals surface area (Å²) in [5.41, 5.74) is 1.10. The number of likely N-dealkylation sites (tertiary alicyclic amines) is 1. The van der Waals surface area contributed by atoms with Gasteiger partial charge in [0.05, 0.1) is 11.4 Å². The number of nitrogens with one attached hydrogen (secondary N) is 3. The number of piperidine rings is 1. The number of hydrogen-bond acceptors (Lipinski definition) is 4. The van der Waals surface area contributed by atoms with Crippen LogP contribution in [0.5, 0.6) is 0 Å². The van der Waals surface area contributed by atoms with Gasteiger partial charge in [0.2, 0.25) is 10.0 Å². The Hall–Kier alpha value is -1.64. The maximum Gasteiger partial charge on any atom is 0.240 e. The molecule has 3 rings (SSSR count). The number of aliphatic imine (C=N–C) groups is 1. The number of benzene rings is 1. The molecule has 1 aromatic rings. The van der Waals surface area contributed by atoms with Gasteiger partial charge in [-0.15, -0.1) is 0 Å². The molecule has 0 radical (unpaired) electrons. The van der Waals surface area contributed by atoms with Crippen LogP contribution in [-0.4, -0.2) is 58.0 Å². The molecule has 1 aromatic carbocycles. The molecule has 0 bridgehead atoms. The van der Waals surface area contributed by atoms with Gasteiger partial charge >= 0.3 is 0 Å². The number of nitrogens with zero attached hydrogens (tertiary/aromatic N) is 2. The van der Waals surface area contributed by atoms with E-state index in [-0.39, 0.29) is 10.4 Å². The van der Waals surface area contributed by atoms with Crippen molar-refractivity contribution in [1.29, 1.82) is 0 Å². The average Bonchev–Trinajstić information content (AvgIpc) is 2.82. The first-order valence-corrected chi connectivity index (χ1v) is 13.3. The Morgan fingerprint density at radius 1 is 1.06 bits per heavy atom. The second kappa shape index (κ2) is 11.3. The molecule has 1 aliphatic carbocycles. The van der Waals surface area contributed by atoms with Crippen LogP contribution in [0.2, 0.25) is 0 Å². The lowest BCUT2D eigenvalue weighted by molar-refractivity contribution is 0.0368. The zero-order valence-corrected chi connectivity index (χ0v) is 19.9. The third kappa shape index (κ3) is 6.43. The summed E-state index contributed by atoms with van der Waals surface area (Å²) in [7, 11) is -2.02. The quantitative estimate of drug-likeness (QED) is 0.420. The molecule has 8 heteroatoms. The molecule has 2 fully saturated rings. The Balaban J connectivity index is 1.69. The molecule has 1 saturated carbocycles. The first-order chi connectivity index (χ1) is 15.0. The smallest absolute Gasteiger partial charge is 0.240 e. The monoisotopic (exact) mass is 449 g/mol. The minimum Gasteiger partial charge on any atom is -0.357 e. The summed E-state index contributed by atoms with van der Waals surface area (Å²) >= 11 is 0. The fourth-order valence-electron chi connectivity index (χ4n) is 4.87. The van der Waals surface area contributed by atoms with Crippen LogP contribution >= 0.6 is 0 Å². The van der Waals surface area contributed by atoms with Gasteiger partial charge in [0.25, 0.3) is 0 Å². The summed E-state index contributed by atoms with van der Waals surface area (Å²) in [4.78, 5) is 7.76. The SMILES string of the molecule is CCNC(=NCc1cccc(S(=O)(=O)NC)c1)NCC1(N2CCCCC2)CCCCC1. The summed E-state index contributed by atoms with van der Waals surface area (Å²) in [5.74, 6) is 0.798. The van der Waals surface area contributed by atoms with Crippen LogP contribution in [0.15, 0.2) is 34.2 Å². The van der Waals surface area contributed by atoms with Crippen LogP contribution in [0, 0.1) is 0 Å². The van der Waals surface area contributed by atoms with Gasteiger partial charge in [-0.3, -0.25) is 4.90 Å². The average molecular weight is 450 g/mol. The van der Waals surface area contributed by atoms with E-state index < -0.39 is 10.0 Å². The minimum absolute atomic E-state index is 0.232. The molecule has 1 saturated heterocycles. The molecular formula is C23H39N5O2S. The van der Waals surface area contributed by atoms with Crippen molar-refractivity contribution in [2.75, 3.05) is 33.2 Å². The zero-order valence-electron chi connectivity index (χ0n) is 19.1. The van der Waals surface area contributed by atoms with Crippen LogP contribution < -0.4 is 15.4 Å². The van der Waals surface area contributed by atoms with Crippen LogP contribution in [0.3, 0.4) is 0 Å². The van der Waals surface area contributed by atoms with E-state index in [0.717, 1.165) is 24.6 Å². The van der Waals surface area contributed by atoms with Gasteiger partial charge in [0.1, 0.15) is 0 Å². The maximum absolute atomic E-state index is 12.1. The summed E-state index contributed by atoms with van der Waals surface area (Å²) in [6.45, 7) is 6.62. The lowest BCUT2D eigenvalue weighted by Crippen LogP contribution is -2.59. The first kappa shape index (κ1) is 24.0. The lowest BCUT2D eigenvalue weighted by Gasteiger charge is -2.48. The van der Waals surface area contributed by atoms with E-state index in [1.807, 2.05) is 6.07 Å². The molecule has 2 aliphatic rings. The molecule has 0 unspecified atom stereocenters. The fraction of sp³-hybridized carbons (Fsp3) is 0.696. The van der Waals surface area contributed by atoms with E-state index >= 15 is 0 Å². The predicted molar refractivity (Wildman–Crippen MR) is 127 cm³/mol. The molecule has 1 aliphatic heterocycles. The normalized spacial score (nSPS) is 20.4. The van der Waals surface area contributed by atoms with Crippen molar-refractivity contribution >= 4 is 16.0 Å². The maximum atomic E-state index is 12.1. The lowest BCUT2D eigenvalue weighted by atomic mass is 9.79. The summed E-state index contributed by atoms with van der Waals surface area (Å²) in [6.07, 6.45) is 10.4. The van der Waals surface area contributed by atoms with Crippen molar-refractivity contribution < 1.29 is 8.42 Å². The largest absolute Gasteiger partial charge is 0.357 e. The van der Waals surface area contributed by atoms with Gasteiger partial charge in [-0.25, -0.2) is 18.1 Å². The third-order valence-electron chi connectivity index (χ3n) is 6.64. The molecule has 0 amide bonds. The van der Waals surface area contributed by atoms with Crippen molar-refractivity contribution in [3.63, 3.8) is 0 Å². The van der Waals surface area contributed by atoms with E-state index in [4.69, 9.17) is 4.99 Å². The van der Waals surface area contributed by atoms with Gasteiger partial charge in [0.15, 0.2) is 5.96 Å². The topological polar surface area (TPSA) is 85.8 Å². The van der Waals surface area contributed by atoms with E-state index in [2.05, 4.69) is 27.2 Å². The van der Waals surface area contributed by atoms with Crippen LogP contribution in [0.25, 0.3) is 0 Å². The summed E-state index contributed by atoms with van der Waals surface area (Å²) in [6, 6.07) is 6.98. The van der Waals surface area contributed by atoms with Gasteiger partial charge in [-0.2, -0.15) is 0 Å². The molecule has 31 heavy (non-hydrogen) atoms. The standard InChI is InChI=1S/C23H39N5O2S/c1-3-25-22(26-18-20-11-10-12-21(17-20)31(29,30)24-2)27-19-23(13-6-4-7-14-23)28-15-8-5-9-16-28/h10-12,17,24H,3-9,13-16,18-19H2,1-2H3,(H2,25,26,27). The van der Waals surface area contributed by atoms with E-state index in [1.165, 1.54) is 71.5 Å². The minimum atomic E-state index is -3.45. The van der Waals surface area contributed by atoms with Gasteiger partial charge in [-0.1, -0.05) is 37.8 Å². The summed E-state index contributed by atoms with van der Waals surface area (Å²) < 4.78 is 26.5. The number of guanidine groups is 1. The van der Waals surface area contributed by atoms with Crippen molar-refractivity contribution in [3.05, 3.63) is 29.8 Å². The van der Waals surface area contributed by atoms with E-state index in [9.17, 15) is 8.42 Å². The van der Waals surface area contributed by atoms with Crippen LogP contribution in [0.1, 0.15) is 63.9 Å². The Morgan fingerprint density at radius 3 is 2.45 bits per heavy atom. The molecule has 3 N–H and O–H groups in total. The molecule has 1 heterocycles. The Labute approximate surface area is 188 Å². The highest BCUT2D eigenvalue weighted by Gasteiger charge is 2.38. The van der Waals surface area contributed by atoms with Gasteiger partial charge < -0.3 is 10.6 Å². The van der Waals surface area contributed by atoms with Crippen molar-refractivity contribution in [2.45, 2.75) is 75.3 Å². The Kier molecular flexibility index (Phi) is 8.75. The number of rotatable bonds is 8. The van der Waals surface area contributed by atoms with Crippen LogP contribution in [-0.2, 0) is 16.6 Å². The third-order valence-corrected chi connectivity index (χ3v) is 8.05. The van der Waals surface area contributed by atoms with Crippen molar-refractivity contribution in [2.24, 2.45) is 4.99 Å². The van der Waals surface area contributed by atoms with Crippen LogP contribution in [0.4, 0.5) is 0 Å². The number of hydrogen-bond donors (Lipinski definition) is 3. The zero-order chi connectivity index (χ0) is 22.2. The molecule has 0 aromatic heterocycles.